The highest BCUT2D eigenvalue weighted by atomic mass is 16.4. The minimum Gasteiger partial charge on any atom is -0.481 e. The molecule has 0 bridgehead atoms. The molecule has 1 aliphatic carbocycles. The van der Waals surface area contributed by atoms with E-state index in [1.807, 2.05) is 0 Å². The zero-order chi connectivity index (χ0) is 12.0. The SMILES string of the molecule is CCCCN(CC)C1CCCCC1C(=O)O. The first-order valence-corrected chi connectivity index (χ1v) is 6.67. The molecule has 0 aromatic carbocycles. The molecule has 1 fully saturated rings. The second-order valence-corrected chi connectivity index (χ2v) is 4.78. The lowest BCUT2D eigenvalue weighted by Crippen LogP contribution is -2.45. The molecule has 0 heterocycles. The molecule has 0 spiro atoms. The molecule has 16 heavy (non-hydrogen) atoms. The van der Waals surface area contributed by atoms with Gasteiger partial charge in [0, 0.05) is 6.04 Å². The summed E-state index contributed by atoms with van der Waals surface area (Å²) >= 11 is 0. The topological polar surface area (TPSA) is 40.5 Å². The van der Waals surface area contributed by atoms with E-state index in [4.69, 9.17) is 0 Å². The van der Waals surface area contributed by atoms with Gasteiger partial charge in [-0.05, 0) is 32.4 Å². The fourth-order valence-electron chi connectivity index (χ4n) is 2.76. The molecule has 1 saturated carbocycles. The van der Waals surface area contributed by atoms with Crippen molar-refractivity contribution in [3.63, 3.8) is 0 Å². The summed E-state index contributed by atoms with van der Waals surface area (Å²) in [5.74, 6) is -0.731. The summed E-state index contributed by atoms with van der Waals surface area (Å²) in [7, 11) is 0. The Morgan fingerprint density at radius 3 is 2.56 bits per heavy atom. The number of unbranched alkanes of at least 4 members (excludes halogenated alkanes) is 1. The van der Waals surface area contributed by atoms with Crippen LogP contribution in [-0.2, 0) is 4.79 Å². The number of nitrogens with zero attached hydrogens (tertiary/aromatic N) is 1. The largest absolute Gasteiger partial charge is 0.481 e. The van der Waals surface area contributed by atoms with E-state index in [2.05, 4.69) is 18.7 Å². The fraction of sp³-hybridized carbons (Fsp3) is 0.923. The Balaban J connectivity index is 2.60. The molecule has 0 saturated heterocycles. The van der Waals surface area contributed by atoms with E-state index in [1.165, 1.54) is 19.3 Å². The molecular weight excluding hydrogens is 202 g/mol. The first-order chi connectivity index (χ1) is 7.70. The van der Waals surface area contributed by atoms with Gasteiger partial charge in [0.05, 0.1) is 5.92 Å². The first kappa shape index (κ1) is 13.5. The summed E-state index contributed by atoms with van der Waals surface area (Å²) in [4.78, 5) is 13.6. The van der Waals surface area contributed by atoms with E-state index < -0.39 is 5.97 Å². The molecule has 1 aliphatic rings. The van der Waals surface area contributed by atoms with Crippen LogP contribution in [-0.4, -0.2) is 35.1 Å². The van der Waals surface area contributed by atoms with Gasteiger partial charge in [-0.25, -0.2) is 0 Å². The van der Waals surface area contributed by atoms with Gasteiger partial charge in [-0.1, -0.05) is 33.1 Å². The van der Waals surface area contributed by atoms with Gasteiger partial charge in [0.2, 0.25) is 0 Å². The lowest BCUT2D eigenvalue weighted by molar-refractivity contribution is -0.145. The molecule has 3 nitrogen and oxygen atoms in total. The molecule has 0 radical (unpaired) electrons. The van der Waals surface area contributed by atoms with E-state index in [-0.39, 0.29) is 12.0 Å². The van der Waals surface area contributed by atoms with Crippen LogP contribution in [0.15, 0.2) is 0 Å². The monoisotopic (exact) mass is 227 g/mol. The van der Waals surface area contributed by atoms with Crippen molar-refractivity contribution in [2.24, 2.45) is 5.92 Å². The van der Waals surface area contributed by atoms with E-state index in [1.54, 1.807) is 0 Å². The Morgan fingerprint density at radius 2 is 2.00 bits per heavy atom. The Hall–Kier alpha value is -0.570. The average molecular weight is 227 g/mol. The zero-order valence-corrected chi connectivity index (χ0v) is 10.6. The van der Waals surface area contributed by atoms with Crippen molar-refractivity contribution in [1.29, 1.82) is 0 Å². The van der Waals surface area contributed by atoms with Crippen LogP contribution < -0.4 is 0 Å². The highest BCUT2D eigenvalue weighted by Crippen LogP contribution is 2.28. The molecule has 0 amide bonds. The van der Waals surface area contributed by atoms with E-state index >= 15 is 0 Å². The van der Waals surface area contributed by atoms with Crippen LogP contribution >= 0.6 is 0 Å². The molecule has 0 aromatic heterocycles. The van der Waals surface area contributed by atoms with Crippen molar-refractivity contribution >= 4 is 5.97 Å². The van der Waals surface area contributed by atoms with Crippen LogP contribution in [0.5, 0.6) is 0 Å². The van der Waals surface area contributed by atoms with Crippen LogP contribution in [0.25, 0.3) is 0 Å². The van der Waals surface area contributed by atoms with Crippen molar-refractivity contribution in [2.45, 2.75) is 58.4 Å². The van der Waals surface area contributed by atoms with Crippen molar-refractivity contribution in [2.75, 3.05) is 13.1 Å². The number of hydrogen-bond donors (Lipinski definition) is 1. The number of carbonyl (C=O) groups is 1. The van der Waals surface area contributed by atoms with Crippen LogP contribution in [0, 0.1) is 5.92 Å². The highest BCUT2D eigenvalue weighted by molar-refractivity contribution is 5.71. The van der Waals surface area contributed by atoms with Gasteiger partial charge in [0.25, 0.3) is 0 Å². The summed E-state index contributed by atoms with van der Waals surface area (Å²) in [6, 6.07) is 0.280. The van der Waals surface area contributed by atoms with Gasteiger partial charge in [0.15, 0.2) is 0 Å². The predicted octanol–water partition coefficient (Wildman–Crippen LogP) is 2.75. The predicted molar refractivity (Wildman–Crippen MR) is 65.5 cm³/mol. The van der Waals surface area contributed by atoms with Crippen LogP contribution in [0.2, 0.25) is 0 Å². The molecule has 2 unspecified atom stereocenters. The molecule has 1 rings (SSSR count). The fourth-order valence-corrected chi connectivity index (χ4v) is 2.76. The third kappa shape index (κ3) is 3.48. The minimum absolute atomic E-state index is 0.134. The summed E-state index contributed by atoms with van der Waals surface area (Å²) in [6.45, 7) is 6.36. The van der Waals surface area contributed by atoms with Crippen LogP contribution in [0.1, 0.15) is 52.4 Å². The molecular formula is C13H25NO2. The van der Waals surface area contributed by atoms with E-state index in [0.29, 0.717) is 0 Å². The summed E-state index contributed by atoms with van der Waals surface area (Å²) in [5, 5.41) is 9.25. The Labute approximate surface area is 98.8 Å². The van der Waals surface area contributed by atoms with Crippen LogP contribution in [0.3, 0.4) is 0 Å². The molecule has 1 N–H and O–H groups in total. The maximum Gasteiger partial charge on any atom is 0.308 e. The van der Waals surface area contributed by atoms with Gasteiger partial charge < -0.3 is 5.11 Å². The molecule has 3 heteroatoms. The third-order valence-electron chi connectivity index (χ3n) is 3.72. The number of carboxylic acid groups (broad SMARTS) is 1. The van der Waals surface area contributed by atoms with Crippen molar-refractivity contribution in [3.8, 4) is 0 Å². The number of aliphatic carboxylic acids is 1. The normalized spacial score (nSPS) is 25.9. The molecule has 2 atom stereocenters. The van der Waals surface area contributed by atoms with E-state index in [9.17, 15) is 9.90 Å². The van der Waals surface area contributed by atoms with Crippen molar-refractivity contribution < 1.29 is 9.90 Å². The molecule has 94 valence electrons. The Kier molecular flexibility index (Phi) is 5.81. The lowest BCUT2D eigenvalue weighted by atomic mass is 9.83. The third-order valence-corrected chi connectivity index (χ3v) is 3.72. The maximum atomic E-state index is 11.2. The quantitative estimate of drug-likeness (QED) is 0.758. The van der Waals surface area contributed by atoms with Gasteiger partial charge in [-0.2, -0.15) is 0 Å². The summed E-state index contributed by atoms with van der Waals surface area (Å²) in [5.41, 5.74) is 0. The Bertz CT molecular complexity index is 218. The van der Waals surface area contributed by atoms with Gasteiger partial charge in [0.1, 0.15) is 0 Å². The maximum absolute atomic E-state index is 11.2. The lowest BCUT2D eigenvalue weighted by Gasteiger charge is -2.37. The zero-order valence-electron chi connectivity index (χ0n) is 10.6. The van der Waals surface area contributed by atoms with Crippen molar-refractivity contribution in [3.05, 3.63) is 0 Å². The van der Waals surface area contributed by atoms with E-state index in [0.717, 1.165) is 32.4 Å². The number of rotatable bonds is 6. The average Bonchev–Trinajstić information content (AvgIpc) is 2.30. The summed E-state index contributed by atoms with van der Waals surface area (Å²) in [6.07, 6.45) is 6.56. The van der Waals surface area contributed by atoms with Crippen LogP contribution in [0.4, 0.5) is 0 Å². The van der Waals surface area contributed by atoms with Crippen molar-refractivity contribution in [1.82, 2.24) is 4.90 Å². The minimum atomic E-state index is -0.598. The highest BCUT2D eigenvalue weighted by Gasteiger charge is 2.33. The molecule has 0 aliphatic heterocycles. The number of carboxylic acids is 1. The second-order valence-electron chi connectivity index (χ2n) is 4.78. The first-order valence-electron chi connectivity index (χ1n) is 6.67. The second kappa shape index (κ2) is 6.89. The molecule has 0 aromatic rings. The number of hydrogen-bond acceptors (Lipinski definition) is 2. The standard InChI is InChI=1S/C13H25NO2/c1-3-5-10-14(4-2)12-9-7-6-8-11(12)13(15)16/h11-12H,3-10H2,1-2H3,(H,15,16). The summed E-state index contributed by atoms with van der Waals surface area (Å²) < 4.78 is 0. The van der Waals surface area contributed by atoms with Gasteiger partial charge >= 0.3 is 5.97 Å². The smallest absolute Gasteiger partial charge is 0.308 e. The van der Waals surface area contributed by atoms with Gasteiger partial charge in [-0.15, -0.1) is 0 Å². The Morgan fingerprint density at radius 1 is 1.31 bits per heavy atom. The van der Waals surface area contributed by atoms with Gasteiger partial charge in [-0.3, -0.25) is 9.69 Å².